The highest BCUT2D eigenvalue weighted by molar-refractivity contribution is 14.0. The van der Waals surface area contributed by atoms with Crippen molar-refractivity contribution in [1.82, 2.24) is 25.1 Å². The highest BCUT2D eigenvalue weighted by Crippen LogP contribution is 2.16. The van der Waals surface area contributed by atoms with Gasteiger partial charge in [0, 0.05) is 57.6 Å². The highest BCUT2D eigenvalue weighted by atomic mass is 127. The van der Waals surface area contributed by atoms with Gasteiger partial charge in [-0.3, -0.25) is 14.7 Å². The number of nitrogens with one attached hydrogen (secondary N) is 1. The van der Waals surface area contributed by atoms with Gasteiger partial charge in [0.15, 0.2) is 5.96 Å². The van der Waals surface area contributed by atoms with E-state index in [0.717, 1.165) is 38.7 Å². The number of anilines is 1. The minimum Gasteiger partial charge on any atom is -0.370 e. The van der Waals surface area contributed by atoms with Gasteiger partial charge in [0.2, 0.25) is 11.9 Å². The van der Waals surface area contributed by atoms with Crippen molar-refractivity contribution < 1.29 is 4.79 Å². The number of likely N-dealkylation sites (tertiary alicyclic amines) is 1. The molecule has 29 heavy (non-hydrogen) atoms. The molecule has 1 amide bonds. The standard InChI is InChI=1S/C19H32N8O.HI/c1-2-25-10-3-5-16(25)15-24-18(20)21-9-6-17(28)26-11-13-27(14-12-26)19-22-7-4-8-23-19;/h4,7-8,16H,2-3,5-6,9-15H2,1H3,(H3,20,21,24);1H. The summed E-state index contributed by atoms with van der Waals surface area (Å²) in [7, 11) is 0. The quantitative estimate of drug-likeness (QED) is 0.310. The van der Waals surface area contributed by atoms with E-state index in [4.69, 9.17) is 5.73 Å². The van der Waals surface area contributed by atoms with Crippen LogP contribution in [-0.2, 0) is 4.79 Å². The lowest BCUT2D eigenvalue weighted by atomic mass is 10.2. The molecular formula is C19H33IN8O. The number of rotatable bonds is 7. The van der Waals surface area contributed by atoms with Crippen LogP contribution in [0.2, 0.25) is 0 Å². The third kappa shape index (κ3) is 6.95. The topological polar surface area (TPSA) is 103 Å². The third-order valence-corrected chi connectivity index (χ3v) is 5.49. The third-order valence-electron chi connectivity index (χ3n) is 5.49. The van der Waals surface area contributed by atoms with E-state index in [-0.39, 0.29) is 29.9 Å². The maximum atomic E-state index is 12.4. The summed E-state index contributed by atoms with van der Waals surface area (Å²) < 4.78 is 0. The van der Waals surface area contributed by atoms with Gasteiger partial charge in [-0.15, -0.1) is 24.0 Å². The van der Waals surface area contributed by atoms with Crippen LogP contribution in [0.25, 0.3) is 0 Å². The molecule has 2 fully saturated rings. The average molecular weight is 516 g/mol. The van der Waals surface area contributed by atoms with Crippen LogP contribution in [0.3, 0.4) is 0 Å². The number of nitrogens with two attached hydrogens (primary N) is 1. The Hall–Kier alpha value is -1.69. The number of aliphatic imine (C=N–C) groups is 1. The summed E-state index contributed by atoms with van der Waals surface area (Å²) in [4.78, 5) is 31.9. The van der Waals surface area contributed by atoms with Crippen molar-refractivity contribution in [3.8, 4) is 0 Å². The van der Waals surface area contributed by atoms with Crippen molar-refractivity contribution in [1.29, 1.82) is 0 Å². The van der Waals surface area contributed by atoms with E-state index in [1.165, 1.54) is 12.8 Å². The molecule has 1 atom stereocenters. The number of piperazine rings is 1. The number of halogens is 1. The second-order valence-electron chi connectivity index (χ2n) is 7.24. The predicted octanol–water partition coefficient (Wildman–Crippen LogP) is 0.522. The second kappa shape index (κ2) is 12.1. The zero-order valence-corrected chi connectivity index (χ0v) is 19.5. The fraction of sp³-hybridized carbons (Fsp3) is 0.684. The van der Waals surface area contributed by atoms with E-state index in [0.29, 0.717) is 38.1 Å². The van der Waals surface area contributed by atoms with Crippen LogP contribution in [0.5, 0.6) is 0 Å². The SMILES string of the molecule is CCN1CCCC1CN=C(N)NCCC(=O)N1CCN(c2ncccn2)CC1.I. The number of hydrogen-bond donors (Lipinski definition) is 2. The minimum atomic E-state index is 0. The maximum Gasteiger partial charge on any atom is 0.225 e. The number of hydrogen-bond acceptors (Lipinski definition) is 6. The zero-order valence-electron chi connectivity index (χ0n) is 17.2. The number of guanidine groups is 1. The molecule has 9 nitrogen and oxygen atoms in total. The molecule has 1 aromatic heterocycles. The first-order chi connectivity index (χ1) is 13.7. The van der Waals surface area contributed by atoms with E-state index >= 15 is 0 Å². The summed E-state index contributed by atoms with van der Waals surface area (Å²) >= 11 is 0. The molecular weight excluding hydrogens is 483 g/mol. The number of amides is 1. The van der Waals surface area contributed by atoms with Gasteiger partial charge in [0.05, 0.1) is 6.54 Å². The van der Waals surface area contributed by atoms with Crippen LogP contribution in [-0.4, -0.2) is 90.0 Å². The van der Waals surface area contributed by atoms with Gasteiger partial charge in [-0.1, -0.05) is 6.92 Å². The van der Waals surface area contributed by atoms with Crippen molar-refractivity contribution in [2.24, 2.45) is 10.7 Å². The van der Waals surface area contributed by atoms with E-state index < -0.39 is 0 Å². The second-order valence-corrected chi connectivity index (χ2v) is 7.24. The van der Waals surface area contributed by atoms with Crippen molar-refractivity contribution in [2.45, 2.75) is 32.2 Å². The van der Waals surface area contributed by atoms with Crippen LogP contribution in [0, 0.1) is 0 Å². The van der Waals surface area contributed by atoms with Gasteiger partial charge in [0.25, 0.3) is 0 Å². The van der Waals surface area contributed by atoms with Gasteiger partial charge < -0.3 is 20.9 Å². The van der Waals surface area contributed by atoms with E-state index in [9.17, 15) is 4.79 Å². The highest BCUT2D eigenvalue weighted by Gasteiger charge is 2.23. The summed E-state index contributed by atoms with van der Waals surface area (Å²) in [5.41, 5.74) is 5.96. The fourth-order valence-corrected chi connectivity index (χ4v) is 3.84. The normalized spacial score (nSPS) is 20.4. The molecule has 2 aliphatic heterocycles. The molecule has 0 bridgehead atoms. The minimum absolute atomic E-state index is 0. The van der Waals surface area contributed by atoms with Crippen LogP contribution in [0.1, 0.15) is 26.2 Å². The Bertz CT molecular complexity index is 651. The Morgan fingerprint density at radius 3 is 2.66 bits per heavy atom. The van der Waals surface area contributed by atoms with Gasteiger partial charge >= 0.3 is 0 Å². The predicted molar refractivity (Wildman–Crippen MR) is 126 cm³/mol. The Morgan fingerprint density at radius 2 is 1.97 bits per heavy atom. The lowest BCUT2D eigenvalue weighted by Crippen LogP contribution is -2.49. The molecule has 0 saturated carbocycles. The van der Waals surface area contributed by atoms with Gasteiger partial charge in [-0.2, -0.15) is 0 Å². The monoisotopic (exact) mass is 516 g/mol. The molecule has 0 radical (unpaired) electrons. The lowest BCUT2D eigenvalue weighted by molar-refractivity contribution is -0.131. The molecule has 3 N–H and O–H groups in total. The molecule has 0 spiro atoms. The Kier molecular flexibility index (Phi) is 9.85. The molecule has 1 aromatic rings. The molecule has 1 unspecified atom stereocenters. The van der Waals surface area contributed by atoms with Crippen LogP contribution in [0.15, 0.2) is 23.5 Å². The van der Waals surface area contributed by atoms with Crippen molar-refractivity contribution >= 4 is 41.8 Å². The molecule has 162 valence electrons. The first-order valence-corrected chi connectivity index (χ1v) is 10.2. The number of likely N-dealkylation sites (N-methyl/N-ethyl adjacent to an activating group) is 1. The van der Waals surface area contributed by atoms with Gasteiger partial charge in [-0.25, -0.2) is 9.97 Å². The summed E-state index contributed by atoms with van der Waals surface area (Å²) in [6.07, 6.45) is 6.32. The van der Waals surface area contributed by atoms with Crippen LogP contribution in [0.4, 0.5) is 5.95 Å². The molecule has 3 rings (SSSR count). The molecule has 0 aliphatic carbocycles. The Labute approximate surface area is 190 Å². The first-order valence-electron chi connectivity index (χ1n) is 10.2. The first kappa shape index (κ1) is 23.6. The summed E-state index contributed by atoms with van der Waals surface area (Å²) in [5.74, 6) is 1.30. The molecule has 2 aliphatic rings. The van der Waals surface area contributed by atoms with Gasteiger partial charge in [0.1, 0.15) is 0 Å². The summed E-state index contributed by atoms with van der Waals surface area (Å²) in [6, 6.07) is 2.30. The summed E-state index contributed by atoms with van der Waals surface area (Å²) in [5, 5.41) is 3.08. The van der Waals surface area contributed by atoms with Crippen molar-refractivity contribution in [2.75, 3.05) is 57.3 Å². The van der Waals surface area contributed by atoms with E-state index in [1.807, 2.05) is 4.90 Å². The largest absolute Gasteiger partial charge is 0.370 e. The molecule has 10 heteroatoms. The van der Waals surface area contributed by atoms with Crippen LogP contribution < -0.4 is 16.0 Å². The summed E-state index contributed by atoms with van der Waals surface area (Å²) in [6.45, 7) is 8.52. The molecule has 0 aromatic carbocycles. The lowest BCUT2D eigenvalue weighted by Gasteiger charge is -2.34. The Morgan fingerprint density at radius 1 is 1.24 bits per heavy atom. The van der Waals surface area contributed by atoms with E-state index in [2.05, 4.69) is 37.0 Å². The fourth-order valence-electron chi connectivity index (χ4n) is 3.84. The van der Waals surface area contributed by atoms with Crippen LogP contribution >= 0.6 is 24.0 Å². The zero-order chi connectivity index (χ0) is 19.8. The molecule has 3 heterocycles. The number of carbonyl (C=O) groups excluding carboxylic acids is 1. The smallest absolute Gasteiger partial charge is 0.225 e. The number of carbonyl (C=O) groups is 1. The molecule has 2 saturated heterocycles. The van der Waals surface area contributed by atoms with Gasteiger partial charge in [-0.05, 0) is 32.0 Å². The number of nitrogens with zero attached hydrogens (tertiary/aromatic N) is 6. The maximum absolute atomic E-state index is 12.4. The van der Waals surface area contributed by atoms with Crippen molar-refractivity contribution in [3.63, 3.8) is 0 Å². The van der Waals surface area contributed by atoms with Crippen molar-refractivity contribution in [3.05, 3.63) is 18.5 Å². The average Bonchev–Trinajstić information content (AvgIpc) is 3.20. The Balaban J connectivity index is 0.00000300. The van der Waals surface area contributed by atoms with E-state index in [1.54, 1.807) is 18.5 Å². The number of aromatic nitrogens is 2.